The van der Waals surface area contributed by atoms with Crippen molar-refractivity contribution in [1.29, 1.82) is 0 Å². The highest BCUT2D eigenvalue weighted by Gasteiger charge is 2.32. The summed E-state index contributed by atoms with van der Waals surface area (Å²) in [6, 6.07) is 7.89. The summed E-state index contributed by atoms with van der Waals surface area (Å²) in [4.78, 5) is 17.3. The molecule has 4 rings (SSSR count). The minimum atomic E-state index is -3.60. The fourth-order valence-corrected chi connectivity index (χ4v) is 6.15. The van der Waals surface area contributed by atoms with Crippen LogP contribution in [0.4, 0.5) is 10.1 Å². The lowest BCUT2D eigenvalue weighted by molar-refractivity contribution is 0.0737. The van der Waals surface area contributed by atoms with Gasteiger partial charge in [-0.25, -0.2) is 12.8 Å². The summed E-state index contributed by atoms with van der Waals surface area (Å²) in [6.07, 6.45) is 2.79. The van der Waals surface area contributed by atoms with Crippen molar-refractivity contribution in [2.45, 2.75) is 31.1 Å². The first-order valence-corrected chi connectivity index (χ1v) is 12.2. The predicted molar refractivity (Wildman–Crippen MR) is 117 cm³/mol. The molecule has 0 aliphatic carbocycles. The highest BCUT2D eigenvalue weighted by atomic mass is 32.2. The summed E-state index contributed by atoms with van der Waals surface area (Å²) < 4.78 is 42.7. The molecule has 0 bridgehead atoms. The van der Waals surface area contributed by atoms with Crippen molar-refractivity contribution in [3.63, 3.8) is 0 Å². The number of hydrogen-bond donors (Lipinski definition) is 0. The van der Waals surface area contributed by atoms with Crippen molar-refractivity contribution in [1.82, 2.24) is 13.8 Å². The third-order valence-electron chi connectivity index (χ3n) is 6.40. The molecule has 0 saturated carbocycles. The van der Waals surface area contributed by atoms with Crippen molar-refractivity contribution in [2.75, 3.05) is 44.2 Å². The van der Waals surface area contributed by atoms with E-state index in [1.807, 2.05) is 0 Å². The Morgan fingerprint density at radius 3 is 2.16 bits per heavy atom. The zero-order chi connectivity index (χ0) is 22.2. The zero-order valence-corrected chi connectivity index (χ0v) is 18.9. The molecule has 2 aliphatic rings. The molecule has 0 atom stereocenters. The van der Waals surface area contributed by atoms with Crippen molar-refractivity contribution in [3.8, 4) is 0 Å². The second-order valence-electron chi connectivity index (χ2n) is 8.26. The van der Waals surface area contributed by atoms with E-state index < -0.39 is 10.0 Å². The van der Waals surface area contributed by atoms with E-state index in [-0.39, 0.29) is 16.6 Å². The van der Waals surface area contributed by atoms with Crippen LogP contribution in [-0.4, -0.2) is 67.4 Å². The van der Waals surface area contributed by atoms with Crippen molar-refractivity contribution in [2.24, 2.45) is 7.05 Å². The summed E-state index contributed by atoms with van der Waals surface area (Å²) in [5.41, 5.74) is 1.90. The number of benzene rings is 1. The summed E-state index contributed by atoms with van der Waals surface area (Å²) in [5, 5.41) is 0. The lowest BCUT2D eigenvalue weighted by atomic mass is 10.2. The average molecular weight is 449 g/mol. The molecular formula is C22H29FN4O3S. The lowest BCUT2D eigenvalue weighted by Gasteiger charge is -2.36. The van der Waals surface area contributed by atoms with Gasteiger partial charge in [-0.15, -0.1) is 0 Å². The first-order valence-electron chi connectivity index (χ1n) is 10.8. The van der Waals surface area contributed by atoms with Crippen LogP contribution in [0.5, 0.6) is 0 Å². The van der Waals surface area contributed by atoms with Crippen LogP contribution in [0.15, 0.2) is 35.2 Å². The Hall–Kier alpha value is -2.39. The molecule has 0 spiro atoms. The van der Waals surface area contributed by atoms with Gasteiger partial charge in [-0.1, -0.05) is 6.42 Å². The van der Waals surface area contributed by atoms with Gasteiger partial charge in [0.1, 0.15) is 16.4 Å². The summed E-state index contributed by atoms with van der Waals surface area (Å²) in [7, 11) is -1.86. The van der Waals surface area contributed by atoms with E-state index in [4.69, 9.17) is 0 Å². The van der Waals surface area contributed by atoms with Gasteiger partial charge in [0.15, 0.2) is 0 Å². The topological polar surface area (TPSA) is 65.9 Å². The predicted octanol–water partition coefficient (Wildman–Crippen LogP) is 2.61. The van der Waals surface area contributed by atoms with Crippen LogP contribution in [0.2, 0.25) is 0 Å². The number of amides is 1. The van der Waals surface area contributed by atoms with Crippen molar-refractivity contribution >= 4 is 21.6 Å². The third kappa shape index (κ3) is 4.21. The molecule has 2 fully saturated rings. The number of nitrogens with zero attached hydrogens (tertiary/aromatic N) is 4. The molecule has 168 valence electrons. The maximum Gasteiger partial charge on any atom is 0.270 e. The number of halogens is 1. The Balaban J connectivity index is 1.49. The van der Waals surface area contributed by atoms with Crippen LogP contribution in [0.3, 0.4) is 0 Å². The highest BCUT2D eigenvalue weighted by Crippen LogP contribution is 2.27. The number of rotatable bonds is 4. The van der Waals surface area contributed by atoms with E-state index in [2.05, 4.69) is 4.90 Å². The van der Waals surface area contributed by atoms with Crippen LogP contribution in [0.25, 0.3) is 0 Å². The van der Waals surface area contributed by atoms with Crippen LogP contribution in [-0.2, 0) is 17.1 Å². The van der Waals surface area contributed by atoms with Gasteiger partial charge in [-0.3, -0.25) is 4.79 Å². The number of anilines is 1. The van der Waals surface area contributed by atoms with Crippen LogP contribution in [0.1, 0.15) is 35.4 Å². The van der Waals surface area contributed by atoms with Crippen LogP contribution < -0.4 is 4.90 Å². The molecule has 2 aliphatic heterocycles. The molecule has 9 heteroatoms. The molecule has 7 nitrogen and oxygen atoms in total. The van der Waals surface area contributed by atoms with E-state index in [1.165, 1.54) is 22.5 Å². The summed E-state index contributed by atoms with van der Waals surface area (Å²) in [6.45, 7) is 5.14. The maximum atomic E-state index is 13.2. The molecule has 0 N–H and O–H groups in total. The Morgan fingerprint density at radius 2 is 1.55 bits per heavy atom. The quantitative estimate of drug-likeness (QED) is 0.721. The van der Waals surface area contributed by atoms with Crippen LogP contribution >= 0.6 is 0 Å². The van der Waals surface area contributed by atoms with Gasteiger partial charge in [0.2, 0.25) is 10.0 Å². The average Bonchev–Trinajstić information content (AvgIpc) is 3.10. The number of carbonyl (C=O) groups is 1. The van der Waals surface area contributed by atoms with Gasteiger partial charge in [-0.2, -0.15) is 4.31 Å². The minimum Gasteiger partial charge on any atom is -0.368 e. The standard InChI is InChI=1S/C22H29FN4O3S/c1-17-21(31(29,30)27-10-4-3-5-11-27)16-20(24(17)2)22(28)26-14-12-25(13-15-26)19-8-6-18(23)7-9-19/h6-9,16H,3-5,10-15H2,1-2H3. The van der Waals surface area contributed by atoms with Crippen LogP contribution in [0, 0.1) is 12.7 Å². The summed E-state index contributed by atoms with van der Waals surface area (Å²) in [5.74, 6) is -0.434. The highest BCUT2D eigenvalue weighted by molar-refractivity contribution is 7.89. The number of piperidine rings is 1. The first kappa shape index (κ1) is 21.8. The molecule has 3 heterocycles. The van der Waals surface area contributed by atoms with Gasteiger partial charge in [0, 0.05) is 57.7 Å². The lowest BCUT2D eigenvalue weighted by Crippen LogP contribution is -2.49. The number of piperazine rings is 1. The smallest absolute Gasteiger partial charge is 0.270 e. The molecule has 1 aromatic heterocycles. The third-order valence-corrected chi connectivity index (χ3v) is 8.41. The van der Waals surface area contributed by atoms with Gasteiger partial charge >= 0.3 is 0 Å². The zero-order valence-electron chi connectivity index (χ0n) is 18.1. The number of sulfonamides is 1. The second kappa shape index (κ2) is 8.63. The monoisotopic (exact) mass is 448 g/mol. The Labute approximate surface area is 183 Å². The van der Waals surface area contributed by atoms with E-state index in [0.29, 0.717) is 50.7 Å². The molecule has 1 aromatic carbocycles. The molecule has 31 heavy (non-hydrogen) atoms. The normalized spacial score (nSPS) is 18.4. The maximum absolute atomic E-state index is 13.2. The van der Waals surface area contributed by atoms with E-state index in [1.54, 1.807) is 35.6 Å². The molecule has 2 saturated heterocycles. The van der Waals surface area contributed by atoms with E-state index in [0.717, 1.165) is 24.9 Å². The number of aromatic nitrogens is 1. The molecule has 0 unspecified atom stereocenters. The Bertz CT molecular complexity index is 1050. The molecule has 2 aromatic rings. The minimum absolute atomic E-state index is 0.163. The SMILES string of the molecule is Cc1c(S(=O)(=O)N2CCCCC2)cc(C(=O)N2CCN(c3ccc(F)cc3)CC2)n1C. The number of hydrogen-bond acceptors (Lipinski definition) is 4. The van der Waals surface area contributed by atoms with Gasteiger partial charge in [0.05, 0.1) is 0 Å². The fraction of sp³-hybridized carbons (Fsp3) is 0.500. The van der Waals surface area contributed by atoms with Crippen molar-refractivity contribution < 1.29 is 17.6 Å². The van der Waals surface area contributed by atoms with Crippen molar-refractivity contribution in [3.05, 3.63) is 47.5 Å². The van der Waals surface area contributed by atoms with Gasteiger partial charge < -0.3 is 14.4 Å². The Kier molecular flexibility index (Phi) is 6.07. The van der Waals surface area contributed by atoms with Gasteiger partial charge in [-0.05, 0) is 50.1 Å². The molecule has 1 amide bonds. The van der Waals surface area contributed by atoms with Gasteiger partial charge in [0.25, 0.3) is 5.91 Å². The molecule has 0 radical (unpaired) electrons. The summed E-state index contributed by atoms with van der Waals surface area (Å²) >= 11 is 0. The largest absolute Gasteiger partial charge is 0.368 e. The molecular weight excluding hydrogens is 419 g/mol. The first-order chi connectivity index (χ1) is 14.8. The Morgan fingerprint density at radius 1 is 0.935 bits per heavy atom. The van der Waals surface area contributed by atoms with E-state index in [9.17, 15) is 17.6 Å². The number of carbonyl (C=O) groups excluding carboxylic acids is 1. The van der Waals surface area contributed by atoms with E-state index >= 15 is 0 Å². The fourth-order valence-electron chi connectivity index (χ4n) is 4.36. The second-order valence-corrected chi connectivity index (χ2v) is 10.2.